The number of nitrogens with zero attached hydrogens (tertiary/aromatic N) is 1. The largest absolute Gasteiger partial charge is 0.481 e. The van der Waals surface area contributed by atoms with Crippen LogP contribution >= 0.6 is 0 Å². The molecule has 5 heteroatoms. The quantitative estimate of drug-likeness (QED) is 0.893. The molecule has 5 nitrogen and oxygen atoms in total. The van der Waals surface area contributed by atoms with Crippen LogP contribution in [0.3, 0.4) is 0 Å². The van der Waals surface area contributed by atoms with E-state index in [1.54, 1.807) is 6.92 Å². The number of carbonyl (C=O) groups is 1. The first-order valence-corrected chi connectivity index (χ1v) is 7.70. The van der Waals surface area contributed by atoms with Crippen molar-refractivity contribution in [3.8, 4) is 0 Å². The molecule has 1 aliphatic rings. The Hall–Kier alpha value is -1.65. The number of aromatic amines is 1. The standard InChI is InChI=1S/C16H24N2O3/c1-9(2)11-4-6-12(7-5-11)15-17-10(3)13(8-14(19)20)16(21)18-15/h9,11-12H,4-8H2,1-3H3,(H,19,20)(H,17,18,21). The van der Waals surface area contributed by atoms with Crippen LogP contribution in [0.15, 0.2) is 4.79 Å². The number of aryl methyl sites for hydroxylation is 1. The van der Waals surface area contributed by atoms with E-state index in [0.717, 1.165) is 24.6 Å². The average molecular weight is 292 g/mol. The van der Waals surface area contributed by atoms with Crippen LogP contribution in [-0.4, -0.2) is 21.0 Å². The van der Waals surface area contributed by atoms with Gasteiger partial charge in [0.05, 0.1) is 6.42 Å². The van der Waals surface area contributed by atoms with Gasteiger partial charge in [0.25, 0.3) is 5.56 Å². The Balaban J connectivity index is 2.15. The molecule has 0 radical (unpaired) electrons. The van der Waals surface area contributed by atoms with Crippen molar-refractivity contribution in [3.63, 3.8) is 0 Å². The minimum Gasteiger partial charge on any atom is -0.481 e. The van der Waals surface area contributed by atoms with Crippen LogP contribution in [-0.2, 0) is 11.2 Å². The molecule has 0 spiro atoms. The van der Waals surface area contributed by atoms with E-state index in [0.29, 0.717) is 17.5 Å². The van der Waals surface area contributed by atoms with Crippen molar-refractivity contribution >= 4 is 5.97 Å². The third-order valence-electron chi connectivity index (χ3n) is 4.67. The average Bonchev–Trinajstić information content (AvgIpc) is 2.42. The third-order valence-corrected chi connectivity index (χ3v) is 4.67. The highest BCUT2D eigenvalue weighted by atomic mass is 16.4. The number of carboxylic acids is 1. The molecule has 2 N–H and O–H groups in total. The van der Waals surface area contributed by atoms with Crippen LogP contribution in [0, 0.1) is 18.8 Å². The van der Waals surface area contributed by atoms with Gasteiger partial charge in [-0.2, -0.15) is 0 Å². The summed E-state index contributed by atoms with van der Waals surface area (Å²) in [6, 6.07) is 0. The molecule has 2 rings (SSSR count). The van der Waals surface area contributed by atoms with Crippen molar-refractivity contribution in [2.75, 3.05) is 0 Å². The van der Waals surface area contributed by atoms with E-state index in [-0.39, 0.29) is 17.5 Å². The summed E-state index contributed by atoms with van der Waals surface area (Å²) < 4.78 is 0. The molecule has 1 heterocycles. The molecule has 116 valence electrons. The van der Waals surface area contributed by atoms with Gasteiger partial charge in [0.2, 0.25) is 0 Å². The van der Waals surface area contributed by atoms with Gasteiger partial charge in [0, 0.05) is 17.2 Å². The number of hydrogen-bond acceptors (Lipinski definition) is 3. The van der Waals surface area contributed by atoms with Crippen LogP contribution < -0.4 is 5.56 Å². The fourth-order valence-electron chi connectivity index (χ4n) is 3.24. The smallest absolute Gasteiger partial charge is 0.308 e. The second-order valence-corrected chi connectivity index (χ2v) is 6.44. The molecular formula is C16H24N2O3. The maximum atomic E-state index is 12.1. The zero-order chi connectivity index (χ0) is 15.6. The summed E-state index contributed by atoms with van der Waals surface area (Å²) in [6.45, 7) is 6.24. The van der Waals surface area contributed by atoms with Crippen LogP contribution in [0.2, 0.25) is 0 Å². The molecule has 0 atom stereocenters. The number of nitrogens with one attached hydrogen (secondary N) is 1. The van der Waals surface area contributed by atoms with Crippen LogP contribution in [0.4, 0.5) is 0 Å². The fraction of sp³-hybridized carbons (Fsp3) is 0.688. The van der Waals surface area contributed by atoms with Gasteiger partial charge < -0.3 is 10.1 Å². The van der Waals surface area contributed by atoms with Gasteiger partial charge in [-0.05, 0) is 44.4 Å². The topological polar surface area (TPSA) is 83.0 Å². The van der Waals surface area contributed by atoms with E-state index >= 15 is 0 Å². The molecule has 1 saturated carbocycles. The lowest BCUT2D eigenvalue weighted by atomic mass is 9.76. The third kappa shape index (κ3) is 3.71. The second-order valence-electron chi connectivity index (χ2n) is 6.44. The van der Waals surface area contributed by atoms with Crippen molar-refractivity contribution < 1.29 is 9.90 Å². The molecule has 0 amide bonds. The number of rotatable bonds is 4. The van der Waals surface area contributed by atoms with Crippen molar-refractivity contribution in [2.24, 2.45) is 11.8 Å². The highest BCUT2D eigenvalue weighted by Gasteiger charge is 2.26. The minimum atomic E-state index is -1.00. The number of H-pyrrole nitrogens is 1. The van der Waals surface area contributed by atoms with Crippen molar-refractivity contribution in [2.45, 2.75) is 58.8 Å². The Morgan fingerprint density at radius 3 is 2.43 bits per heavy atom. The first-order valence-electron chi connectivity index (χ1n) is 7.70. The molecular weight excluding hydrogens is 268 g/mol. The number of aromatic nitrogens is 2. The molecule has 0 saturated heterocycles. The van der Waals surface area contributed by atoms with E-state index in [1.165, 1.54) is 12.8 Å². The van der Waals surface area contributed by atoms with Crippen LogP contribution in [0.25, 0.3) is 0 Å². The van der Waals surface area contributed by atoms with E-state index in [4.69, 9.17) is 5.11 Å². The number of aliphatic carboxylic acids is 1. The van der Waals surface area contributed by atoms with E-state index in [2.05, 4.69) is 23.8 Å². The molecule has 0 aliphatic heterocycles. The summed E-state index contributed by atoms with van der Waals surface area (Å²) in [7, 11) is 0. The lowest BCUT2D eigenvalue weighted by Gasteiger charge is -2.30. The first-order chi connectivity index (χ1) is 9.88. The Morgan fingerprint density at radius 1 is 1.33 bits per heavy atom. The predicted octanol–water partition coefficient (Wildman–Crippen LogP) is 2.64. The minimum absolute atomic E-state index is 0.266. The molecule has 1 aromatic heterocycles. The predicted molar refractivity (Wildman–Crippen MR) is 80.5 cm³/mol. The zero-order valence-electron chi connectivity index (χ0n) is 13.0. The molecule has 1 aliphatic carbocycles. The van der Waals surface area contributed by atoms with Crippen molar-refractivity contribution in [1.82, 2.24) is 9.97 Å². The van der Waals surface area contributed by atoms with Crippen molar-refractivity contribution in [1.29, 1.82) is 0 Å². The maximum Gasteiger partial charge on any atom is 0.308 e. The molecule has 0 bridgehead atoms. The van der Waals surface area contributed by atoms with Crippen LogP contribution in [0.5, 0.6) is 0 Å². The summed E-state index contributed by atoms with van der Waals surface area (Å²) >= 11 is 0. The highest BCUT2D eigenvalue weighted by molar-refractivity contribution is 5.70. The first kappa shape index (κ1) is 15.7. The SMILES string of the molecule is Cc1nc(C2CCC(C(C)C)CC2)[nH]c(=O)c1CC(=O)O. The Kier molecular flexibility index (Phi) is 4.80. The lowest BCUT2D eigenvalue weighted by Crippen LogP contribution is -2.25. The molecule has 0 unspecified atom stereocenters. The van der Waals surface area contributed by atoms with Gasteiger partial charge in [-0.1, -0.05) is 13.8 Å². The molecule has 21 heavy (non-hydrogen) atoms. The summed E-state index contributed by atoms with van der Waals surface area (Å²) in [4.78, 5) is 30.1. The van der Waals surface area contributed by atoms with Gasteiger partial charge in [-0.15, -0.1) is 0 Å². The maximum absolute atomic E-state index is 12.1. The zero-order valence-corrected chi connectivity index (χ0v) is 13.0. The number of hydrogen-bond donors (Lipinski definition) is 2. The van der Waals surface area contributed by atoms with Gasteiger partial charge in [-0.3, -0.25) is 9.59 Å². The monoisotopic (exact) mass is 292 g/mol. The molecule has 1 fully saturated rings. The molecule has 1 aromatic rings. The Morgan fingerprint density at radius 2 is 1.95 bits per heavy atom. The second kappa shape index (κ2) is 6.41. The van der Waals surface area contributed by atoms with E-state index in [1.807, 2.05) is 0 Å². The van der Waals surface area contributed by atoms with Gasteiger partial charge in [-0.25, -0.2) is 4.98 Å². The van der Waals surface area contributed by atoms with Gasteiger partial charge in [0.15, 0.2) is 0 Å². The summed E-state index contributed by atoms with van der Waals surface area (Å²) in [6.07, 6.45) is 4.16. The summed E-state index contributed by atoms with van der Waals surface area (Å²) in [5.41, 5.74) is 0.509. The Bertz CT molecular complexity index is 569. The van der Waals surface area contributed by atoms with Crippen LogP contribution in [0.1, 0.15) is 62.5 Å². The molecule has 0 aromatic carbocycles. The fourth-order valence-corrected chi connectivity index (χ4v) is 3.24. The normalized spacial score (nSPS) is 22.5. The number of carboxylic acid groups (broad SMARTS) is 1. The summed E-state index contributed by atoms with van der Waals surface area (Å²) in [5.74, 6) is 1.49. The van der Waals surface area contributed by atoms with Crippen molar-refractivity contribution in [3.05, 3.63) is 27.4 Å². The van der Waals surface area contributed by atoms with E-state index in [9.17, 15) is 9.59 Å². The summed E-state index contributed by atoms with van der Waals surface area (Å²) in [5, 5.41) is 8.83. The highest BCUT2D eigenvalue weighted by Crippen LogP contribution is 2.37. The van der Waals surface area contributed by atoms with Gasteiger partial charge >= 0.3 is 5.97 Å². The van der Waals surface area contributed by atoms with Gasteiger partial charge in [0.1, 0.15) is 5.82 Å². The Labute approximate surface area is 124 Å². The lowest BCUT2D eigenvalue weighted by molar-refractivity contribution is -0.136. The van der Waals surface area contributed by atoms with E-state index < -0.39 is 5.97 Å².